The molecule has 0 atom stereocenters. The summed E-state index contributed by atoms with van der Waals surface area (Å²) in [7, 11) is 0. The second-order valence-corrected chi connectivity index (χ2v) is 5.69. The minimum atomic E-state index is 0.886. The van der Waals surface area contributed by atoms with Crippen molar-refractivity contribution < 1.29 is 0 Å². The SMILES string of the molecule is Cc1n[nH]c(C)c1Cc1ccc(Cc2c(C)n[nH]c2C)[nH]1. The predicted molar refractivity (Wildman–Crippen MR) is 82.5 cm³/mol. The van der Waals surface area contributed by atoms with Crippen LogP contribution in [-0.4, -0.2) is 25.4 Å². The molecule has 3 aromatic heterocycles. The van der Waals surface area contributed by atoms with Gasteiger partial charge in [0.15, 0.2) is 0 Å². The van der Waals surface area contributed by atoms with Crippen LogP contribution < -0.4 is 0 Å². The van der Waals surface area contributed by atoms with Crippen LogP contribution in [0, 0.1) is 27.7 Å². The van der Waals surface area contributed by atoms with Crippen molar-refractivity contribution in [2.24, 2.45) is 0 Å². The zero-order chi connectivity index (χ0) is 15.0. The summed E-state index contributed by atoms with van der Waals surface area (Å²) in [5.74, 6) is 0. The summed E-state index contributed by atoms with van der Waals surface area (Å²) >= 11 is 0. The van der Waals surface area contributed by atoms with Gasteiger partial charge in [-0.15, -0.1) is 0 Å². The van der Waals surface area contributed by atoms with Gasteiger partial charge in [-0.1, -0.05) is 0 Å². The molecule has 0 spiro atoms. The van der Waals surface area contributed by atoms with Gasteiger partial charge in [0.1, 0.15) is 0 Å². The van der Waals surface area contributed by atoms with Crippen molar-refractivity contribution in [1.82, 2.24) is 25.4 Å². The molecule has 0 radical (unpaired) electrons. The Balaban J connectivity index is 1.78. The van der Waals surface area contributed by atoms with Crippen LogP contribution in [-0.2, 0) is 12.8 Å². The van der Waals surface area contributed by atoms with E-state index in [1.54, 1.807) is 0 Å². The van der Waals surface area contributed by atoms with E-state index in [4.69, 9.17) is 0 Å². The lowest BCUT2D eigenvalue weighted by molar-refractivity contribution is 1.01. The largest absolute Gasteiger partial charge is 0.362 e. The van der Waals surface area contributed by atoms with E-state index in [0.717, 1.165) is 35.6 Å². The van der Waals surface area contributed by atoms with Crippen molar-refractivity contribution in [3.63, 3.8) is 0 Å². The van der Waals surface area contributed by atoms with E-state index in [1.165, 1.54) is 22.5 Å². The molecule has 0 aliphatic heterocycles. The topological polar surface area (TPSA) is 73.2 Å². The van der Waals surface area contributed by atoms with E-state index in [1.807, 2.05) is 13.8 Å². The van der Waals surface area contributed by atoms with Gasteiger partial charge < -0.3 is 4.98 Å². The molecular formula is C16H21N5. The summed E-state index contributed by atoms with van der Waals surface area (Å²) in [5.41, 5.74) is 9.43. The van der Waals surface area contributed by atoms with Crippen LogP contribution in [0.4, 0.5) is 0 Å². The Labute approximate surface area is 124 Å². The molecule has 5 heteroatoms. The molecule has 0 aliphatic rings. The third-order valence-corrected chi connectivity index (χ3v) is 4.10. The zero-order valence-electron chi connectivity index (χ0n) is 13.0. The van der Waals surface area contributed by atoms with Crippen LogP contribution >= 0.6 is 0 Å². The second kappa shape index (κ2) is 5.24. The van der Waals surface area contributed by atoms with Crippen LogP contribution in [0.1, 0.15) is 45.3 Å². The minimum Gasteiger partial charge on any atom is -0.362 e. The van der Waals surface area contributed by atoms with Crippen molar-refractivity contribution >= 4 is 0 Å². The highest BCUT2D eigenvalue weighted by Gasteiger charge is 2.11. The van der Waals surface area contributed by atoms with Crippen LogP contribution in [0.25, 0.3) is 0 Å². The van der Waals surface area contributed by atoms with E-state index >= 15 is 0 Å². The Morgan fingerprint density at radius 3 is 1.52 bits per heavy atom. The maximum absolute atomic E-state index is 4.25. The lowest BCUT2D eigenvalue weighted by Crippen LogP contribution is -1.95. The predicted octanol–water partition coefficient (Wildman–Crippen LogP) is 2.88. The van der Waals surface area contributed by atoms with E-state index < -0.39 is 0 Å². The van der Waals surface area contributed by atoms with E-state index in [-0.39, 0.29) is 0 Å². The lowest BCUT2D eigenvalue weighted by atomic mass is 10.1. The molecule has 21 heavy (non-hydrogen) atoms. The first-order chi connectivity index (χ1) is 10.0. The Bertz CT molecular complexity index is 658. The van der Waals surface area contributed by atoms with Gasteiger partial charge in [0.05, 0.1) is 11.4 Å². The third-order valence-electron chi connectivity index (χ3n) is 4.10. The number of nitrogens with one attached hydrogen (secondary N) is 3. The average Bonchev–Trinajstić information content (AvgIpc) is 3.11. The number of nitrogens with zero attached hydrogens (tertiary/aromatic N) is 2. The summed E-state index contributed by atoms with van der Waals surface area (Å²) in [6.45, 7) is 8.22. The van der Waals surface area contributed by atoms with Crippen LogP contribution in [0.2, 0.25) is 0 Å². The number of rotatable bonds is 4. The first kappa shape index (κ1) is 13.7. The van der Waals surface area contributed by atoms with Crippen LogP contribution in [0.5, 0.6) is 0 Å². The highest BCUT2D eigenvalue weighted by molar-refractivity contribution is 5.32. The first-order valence-electron chi connectivity index (χ1n) is 7.22. The number of aromatic amines is 3. The Morgan fingerprint density at radius 2 is 1.19 bits per heavy atom. The van der Waals surface area contributed by atoms with Gasteiger partial charge in [-0.2, -0.15) is 10.2 Å². The molecule has 3 N–H and O–H groups in total. The summed E-state index contributed by atoms with van der Waals surface area (Å²) in [6.07, 6.45) is 1.77. The molecule has 3 heterocycles. The molecule has 3 rings (SSSR count). The van der Waals surface area contributed by atoms with E-state index in [9.17, 15) is 0 Å². The van der Waals surface area contributed by atoms with Gasteiger partial charge in [-0.05, 0) is 39.8 Å². The fraction of sp³-hybridized carbons (Fsp3) is 0.375. The molecule has 0 unspecified atom stereocenters. The second-order valence-electron chi connectivity index (χ2n) is 5.69. The molecule has 0 bridgehead atoms. The average molecular weight is 283 g/mol. The zero-order valence-corrected chi connectivity index (χ0v) is 13.0. The Kier molecular flexibility index (Phi) is 3.41. The maximum Gasteiger partial charge on any atom is 0.0629 e. The number of aryl methyl sites for hydroxylation is 4. The standard InChI is InChI=1S/C16H21N5/c1-9-15(10(2)19-18-9)7-13-5-6-14(17-13)8-16-11(3)20-21-12(16)4/h5-6,17H,7-8H2,1-4H3,(H,18,19)(H,20,21). The Morgan fingerprint density at radius 1 is 0.762 bits per heavy atom. The molecule has 0 aliphatic carbocycles. The highest BCUT2D eigenvalue weighted by Crippen LogP contribution is 2.18. The van der Waals surface area contributed by atoms with Gasteiger partial charge >= 0.3 is 0 Å². The molecule has 0 saturated heterocycles. The van der Waals surface area contributed by atoms with Crippen molar-refractivity contribution in [1.29, 1.82) is 0 Å². The third kappa shape index (κ3) is 2.63. The van der Waals surface area contributed by atoms with Gasteiger partial charge in [0.25, 0.3) is 0 Å². The monoisotopic (exact) mass is 283 g/mol. The van der Waals surface area contributed by atoms with Gasteiger partial charge in [-0.25, -0.2) is 0 Å². The summed E-state index contributed by atoms with van der Waals surface area (Å²) in [5, 5.41) is 14.6. The number of H-pyrrole nitrogens is 3. The number of hydrogen-bond donors (Lipinski definition) is 3. The minimum absolute atomic E-state index is 0.886. The van der Waals surface area contributed by atoms with E-state index in [0.29, 0.717) is 0 Å². The highest BCUT2D eigenvalue weighted by atomic mass is 15.1. The maximum atomic E-state index is 4.25. The molecule has 0 aromatic carbocycles. The molecule has 5 nitrogen and oxygen atoms in total. The number of hydrogen-bond acceptors (Lipinski definition) is 2. The van der Waals surface area contributed by atoms with Crippen molar-refractivity contribution in [3.05, 3.63) is 57.4 Å². The fourth-order valence-electron chi connectivity index (χ4n) is 2.75. The van der Waals surface area contributed by atoms with Crippen molar-refractivity contribution in [3.8, 4) is 0 Å². The molecular weight excluding hydrogens is 262 g/mol. The summed E-state index contributed by atoms with van der Waals surface area (Å²) in [4.78, 5) is 3.52. The van der Waals surface area contributed by atoms with Gasteiger partial charge in [0.2, 0.25) is 0 Å². The fourth-order valence-corrected chi connectivity index (χ4v) is 2.75. The lowest BCUT2D eigenvalue weighted by Gasteiger charge is -2.01. The van der Waals surface area contributed by atoms with E-state index in [2.05, 4.69) is 51.4 Å². The van der Waals surface area contributed by atoms with Crippen LogP contribution in [0.3, 0.4) is 0 Å². The number of aromatic nitrogens is 5. The quantitative estimate of drug-likeness (QED) is 0.689. The molecule has 110 valence electrons. The summed E-state index contributed by atoms with van der Waals surface area (Å²) < 4.78 is 0. The molecule has 3 aromatic rings. The smallest absolute Gasteiger partial charge is 0.0629 e. The van der Waals surface area contributed by atoms with Crippen molar-refractivity contribution in [2.45, 2.75) is 40.5 Å². The molecule has 0 fully saturated rings. The van der Waals surface area contributed by atoms with Gasteiger partial charge in [-0.3, -0.25) is 10.2 Å². The molecule has 0 amide bonds. The molecule has 0 saturated carbocycles. The van der Waals surface area contributed by atoms with Crippen LogP contribution in [0.15, 0.2) is 12.1 Å². The normalized spacial score (nSPS) is 11.2. The Hall–Kier alpha value is -2.30. The first-order valence-corrected chi connectivity index (χ1v) is 7.22. The summed E-state index contributed by atoms with van der Waals surface area (Å²) in [6, 6.07) is 4.32. The van der Waals surface area contributed by atoms with Gasteiger partial charge in [0, 0.05) is 46.7 Å². The van der Waals surface area contributed by atoms with Crippen molar-refractivity contribution in [2.75, 3.05) is 0 Å².